The van der Waals surface area contributed by atoms with Gasteiger partial charge in [0, 0.05) is 37.9 Å². The Hall–Kier alpha value is -1.43. The fraction of sp³-hybridized carbons (Fsp3) is 0.611. The minimum Gasteiger partial charge on any atom is -0.392 e. The van der Waals surface area contributed by atoms with E-state index in [1.165, 1.54) is 0 Å². The van der Waals surface area contributed by atoms with Crippen LogP contribution >= 0.6 is 0 Å². The predicted octanol–water partition coefficient (Wildman–Crippen LogP) is 1.63. The molecule has 5 nitrogen and oxygen atoms in total. The molecule has 0 aromatic heterocycles. The Balaban J connectivity index is 1.83. The van der Waals surface area contributed by atoms with E-state index >= 15 is 0 Å². The van der Waals surface area contributed by atoms with Crippen molar-refractivity contribution in [3.8, 4) is 0 Å². The van der Waals surface area contributed by atoms with Gasteiger partial charge >= 0.3 is 0 Å². The third-order valence-corrected chi connectivity index (χ3v) is 4.79. The summed E-state index contributed by atoms with van der Waals surface area (Å²) in [5.74, 6) is 0.0411. The molecule has 1 aromatic carbocycles. The summed E-state index contributed by atoms with van der Waals surface area (Å²) in [6.45, 7) is 11.8. The fourth-order valence-corrected chi connectivity index (χ4v) is 3.03. The minimum atomic E-state index is -0.325. The SMILES string of the molecule is Cc1cccc(C)c1NC(=O)CN1CCN([C@@H](C)[C@@H](C)O)CC1. The maximum atomic E-state index is 12.3. The molecule has 0 spiro atoms. The van der Waals surface area contributed by atoms with Crippen LogP contribution in [-0.4, -0.2) is 65.7 Å². The highest BCUT2D eigenvalue weighted by Crippen LogP contribution is 2.19. The first kappa shape index (κ1) is 17.9. The van der Waals surface area contributed by atoms with Crippen LogP contribution in [0.25, 0.3) is 0 Å². The lowest BCUT2D eigenvalue weighted by molar-refractivity contribution is -0.117. The molecule has 0 unspecified atom stereocenters. The summed E-state index contributed by atoms with van der Waals surface area (Å²) >= 11 is 0. The maximum Gasteiger partial charge on any atom is 0.238 e. The number of aliphatic hydroxyl groups excluding tert-OH is 1. The third-order valence-electron chi connectivity index (χ3n) is 4.79. The van der Waals surface area contributed by atoms with Gasteiger partial charge < -0.3 is 10.4 Å². The standard InChI is InChI=1S/C18H29N3O2/c1-13-6-5-7-14(2)18(13)19-17(23)12-20-8-10-21(11-9-20)15(3)16(4)22/h5-7,15-16,22H,8-12H2,1-4H3,(H,19,23)/t15-,16+/m0/s1. The first-order valence-corrected chi connectivity index (χ1v) is 8.39. The van der Waals surface area contributed by atoms with Crippen molar-refractivity contribution in [2.24, 2.45) is 0 Å². The van der Waals surface area contributed by atoms with Crippen LogP contribution in [0.1, 0.15) is 25.0 Å². The smallest absolute Gasteiger partial charge is 0.238 e. The lowest BCUT2D eigenvalue weighted by Gasteiger charge is -2.38. The number of hydrogen-bond acceptors (Lipinski definition) is 4. The second-order valence-corrected chi connectivity index (χ2v) is 6.61. The highest BCUT2D eigenvalue weighted by molar-refractivity contribution is 5.93. The van der Waals surface area contributed by atoms with Gasteiger partial charge in [0.25, 0.3) is 0 Å². The van der Waals surface area contributed by atoms with Crippen molar-refractivity contribution in [1.29, 1.82) is 0 Å². The summed E-state index contributed by atoms with van der Waals surface area (Å²) < 4.78 is 0. The van der Waals surface area contributed by atoms with Gasteiger partial charge in [-0.3, -0.25) is 14.6 Å². The van der Waals surface area contributed by atoms with E-state index in [1.807, 2.05) is 45.9 Å². The second-order valence-electron chi connectivity index (χ2n) is 6.61. The molecule has 1 aliphatic rings. The summed E-state index contributed by atoms with van der Waals surface area (Å²) in [6.07, 6.45) is -0.325. The van der Waals surface area contributed by atoms with Crippen molar-refractivity contribution in [2.75, 3.05) is 38.0 Å². The number of piperazine rings is 1. The van der Waals surface area contributed by atoms with Crippen LogP contribution in [0.15, 0.2) is 18.2 Å². The van der Waals surface area contributed by atoms with E-state index in [0.29, 0.717) is 6.54 Å². The molecule has 1 amide bonds. The summed E-state index contributed by atoms with van der Waals surface area (Å²) in [6, 6.07) is 6.20. The molecule has 1 saturated heterocycles. The predicted molar refractivity (Wildman–Crippen MR) is 93.7 cm³/mol. The largest absolute Gasteiger partial charge is 0.392 e. The van der Waals surface area contributed by atoms with Gasteiger partial charge in [-0.1, -0.05) is 18.2 Å². The molecule has 0 aliphatic carbocycles. The molecule has 1 heterocycles. The maximum absolute atomic E-state index is 12.3. The van der Waals surface area contributed by atoms with Crippen molar-refractivity contribution in [2.45, 2.75) is 39.8 Å². The molecule has 2 rings (SSSR count). The Bertz CT molecular complexity index is 517. The van der Waals surface area contributed by atoms with Gasteiger partial charge in [-0.05, 0) is 38.8 Å². The van der Waals surface area contributed by atoms with E-state index in [4.69, 9.17) is 0 Å². The summed E-state index contributed by atoms with van der Waals surface area (Å²) in [4.78, 5) is 16.8. The number of nitrogens with one attached hydrogen (secondary N) is 1. The van der Waals surface area contributed by atoms with Crippen molar-refractivity contribution in [3.63, 3.8) is 0 Å². The first-order chi connectivity index (χ1) is 10.9. The molecule has 1 aliphatic heterocycles. The number of rotatable bonds is 5. The molecule has 2 atom stereocenters. The molecule has 5 heteroatoms. The van der Waals surface area contributed by atoms with Gasteiger partial charge in [-0.2, -0.15) is 0 Å². The Morgan fingerprint density at radius 1 is 1.17 bits per heavy atom. The molecule has 0 bridgehead atoms. The van der Waals surface area contributed by atoms with Crippen LogP contribution in [0, 0.1) is 13.8 Å². The number of aliphatic hydroxyl groups is 1. The number of carbonyl (C=O) groups is 1. The number of benzene rings is 1. The fourth-order valence-electron chi connectivity index (χ4n) is 3.03. The van der Waals surface area contributed by atoms with E-state index < -0.39 is 0 Å². The Morgan fingerprint density at radius 2 is 1.74 bits per heavy atom. The van der Waals surface area contributed by atoms with Crippen LogP contribution in [0.3, 0.4) is 0 Å². The van der Waals surface area contributed by atoms with Crippen molar-refractivity contribution in [1.82, 2.24) is 9.80 Å². The molecule has 23 heavy (non-hydrogen) atoms. The number of aryl methyl sites for hydroxylation is 2. The molecule has 0 radical (unpaired) electrons. The zero-order valence-electron chi connectivity index (χ0n) is 14.7. The number of nitrogens with zero attached hydrogens (tertiary/aromatic N) is 2. The van der Waals surface area contributed by atoms with E-state index in [2.05, 4.69) is 15.1 Å². The first-order valence-electron chi connectivity index (χ1n) is 8.39. The van der Waals surface area contributed by atoms with Crippen LogP contribution in [-0.2, 0) is 4.79 Å². The van der Waals surface area contributed by atoms with Crippen LogP contribution in [0.5, 0.6) is 0 Å². The number of amides is 1. The van der Waals surface area contributed by atoms with Gasteiger partial charge in [-0.25, -0.2) is 0 Å². The molecular weight excluding hydrogens is 290 g/mol. The number of para-hydroxylation sites is 1. The van der Waals surface area contributed by atoms with Crippen LogP contribution in [0.4, 0.5) is 5.69 Å². The zero-order chi connectivity index (χ0) is 17.0. The van der Waals surface area contributed by atoms with Gasteiger partial charge in [0.05, 0.1) is 12.6 Å². The topological polar surface area (TPSA) is 55.8 Å². The molecule has 128 valence electrons. The zero-order valence-corrected chi connectivity index (χ0v) is 14.7. The summed E-state index contributed by atoms with van der Waals surface area (Å²) in [5, 5.41) is 12.7. The van der Waals surface area contributed by atoms with Crippen LogP contribution in [0.2, 0.25) is 0 Å². The Morgan fingerprint density at radius 3 is 2.26 bits per heavy atom. The molecular formula is C18H29N3O2. The number of carbonyl (C=O) groups excluding carboxylic acids is 1. The van der Waals surface area contributed by atoms with E-state index in [9.17, 15) is 9.90 Å². The Kier molecular flexibility index (Phi) is 6.16. The van der Waals surface area contributed by atoms with Crippen molar-refractivity contribution in [3.05, 3.63) is 29.3 Å². The van der Waals surface area contributed by atoms with Crippen molar-refractivity contribution < 1.29 is 9.90 Å². The minimum absolute atomic E-state index is 0.0411. The van der Waals surface area contributed by atoms with Gasteiger partial charge in [-0.15, -0.1) is 0 Å². The number of hydrogen-bond donors (Lipinski definition) is 2. The monoisotopic (exact) mass is 319 g/mol. The van der Waals surface area contributed by atoms with Crippen LogP contribution < -0.4 is 5.32 Å². The average Bonchev–Trinajstić information content (AvgIpc) is 2.51. The van der Waals surface area contributed by atoms with Gasteiger partial charge in [0.1, 0.15) is 0 Å². The van der Waals surface area contributed by atoms with E-state index in [0.717, 1.165) is 43.0 Å². The quantitative estimate of drug-likeness (QED) is 0.866. The lowest BCUT2D eigenvalue weighted by Crippen LogP contribution is -2.53. The lowest BCUT2D eigenvalue weighted by atomic mass is 10.1. The number of anilines is 1. The summed E-state index contributed by atoms with van der Waals surface area (Å²) in [7, 11) is 0. The van der Waals surface area contributed by atoms with Crippen molar-refractivity contribution >= 4 is 11.6 Å². The van der Waals surface area contributed by atoms with Gasteiger partial charge in [0.2, 0.25) is 5.91 Å². The average molecular weight is 319 g/mol. The summed E-state index contributed by atoms with van der Waals surface area (Å²) in [5.41, 5.74) is 3.11. The third kappa shape index (κ3) is 4.77. The molecule has 2 N–H and O–H groups in total. The van der Waals surface area contributed by atoms with Gasteiger partial charge in [0.15, 0.2) is 0 Å². The second kappa shape index (κ2) is 7.90. The van der Waals surface area contributed by atoms with E-state index in [-0.39, 0.29) is 18.1 Å². The molecule has 1 aromatic rings. The normalized spacial score (nSPS) is 19.3. The molecule has 1 fully saturated rings. The van der Waals surface area contributed by atoms with E-state index in [1.54, 1.807) is 0 Å². The Labute approximate surface area is 139 Å². The highest BCUT2D eigenvalue weighted by Gasteiger charge is 2.24. The molecule has 0 saturated carbocycles. The highest BCUT2D eigenvalue weighted by atomic mass is 16.3.